The first-order chi connectivity index (χ1) is 12.5. The number of aliphatic imine (C=N–C) groups is 1. The monoisotopic (exact) mass is 362 g/mol. The highest BCUT2D eigenvalue weighted by molar-refractivity contribution is 5.79. The Bertz CT molecular complexity index is 577. The van der Waals surface area contributed by atoms with E-state index < -0.39 is 6.10 Å². The Morgan fingerprint density at radius 3 is 2.85 bits per heavy atom. The molecule has 1 aliphatic rings. The standard InChI is InChI=1S/C20H34N4O2/c1-5-21-20(22-12-16-9-10-24(4)14-16)23-13-19(25)17-7-6-8-18(11-17)26-15(2)3/h6-8,11,15-16,19,25H,5,9-10,12-14H2,1-4H3,(H2,21,22,23). The van der Waals surface area contributed by atoms with E-state index in [0.717, 1.165) is 43.5 Å². The lowest BCUT2D eigenvalue weighted by atomic mass is 10.1. The van der Waals surface area contributed by atoms with Gasteiger partial charge in [0.2, 0.25) is 0 Å². The van der Waals surface area contributed by atoms with Gasteiger partial charge in [0.05, 0.1) is 18.8 Å². The number of nitrogens with zero attached hydrogens (tertiary/aromatic N) is 2. The minimum atomic E-state index is -0.654. The zero-order valence-corrected chi connectivity index (χ0v) is 16.5. The molecule has 0 radical (unpaired) electrons. The van der Waals surface area contributed by atoms with E-state index in [1.54, 1.807) is 0 Å². The number of nitrogens with one attached hydrogen (secondary N) is 2. The van der Waals surface area contributed by atoms with E-state index in [9.17, 15) is 5.11 Å². The number of likely N-dealkylation sites (tertiary alicyclic amines) is 1. The molecule has 0 spiro atoms. The van der Waals surface area contributed by atoms with Crippen molar-refractivity contribution in [1.82, 2.24) is 15.5 Å². The van der Waals surface area contributed by atoms with Crippen molar-refractivity contribution in [2.45, 2.75) is 39.4 Å². The largest absolute Gasteiger partial charge is 0.491 e. The number of rotatable bonds is 8. The molecule has 1 saturated heterocycles. The van der Waals surface area contributed by atoms with Crippen molar-refractivity contribution in [3.05, 3.63) is 29.8 Å². The number of benzene rings is 1. The van der Waals surface area contributed by atoms with Gasteiger partial charge in [-0.25, -0.2) is 0 Å². The zero-order valence-electron chi connectivity index (χ0n) is 16.5. The third-order valence-electron chi connectivity index (χ3n) is 4.43. The Morgan fingerprint density at radius 2 is 2.19 bits per heavy atom. The van der Waals surface area contributed by atoms with Crippen LogP contribution in [0.3, 0.4) is 0 Å². The first-order valence-electron chi connectivity index (χ1n) is 9.63. The summed E-state index contributed by atoms with van der Waals surface area (Å²) in [5.74, 6) is 2.19. The Balaban J connectivity index is 1.90. The summed E-state index contributed by atoms with van der Waals surface area (Å²) in [7, 11) is 2.16. The van der Waals surface area contributed by atoms with Gasteiger partial charge in [-0.1, -0.05) is 12.1 Å². The van der Waals surface area contributed by atoms with Crippen molar-refractivity contribution < 1.29 is 9.84 Å². The molecule has 1 aromatic carbocycles. The average Bonchev–Trinajstić information content (AvgIpc) is 3.02. The second-order valence-corrected chi connectivity index (χ2v) is 7.27. The van der Waals surface area contributed by atoms with E-state index in [0.29, 0.717) is 12.5 Å². The molecule has 0 bridgehead atoms. The highest BCUT2D eigenvalue weighted by Crippen LogP contribution is 2.20. The first kappa shape index (κ1) is 20.5. The minimum absolute atomic E-state index is 0.111. The predicted octanol–water partition coefficient (Wildman–Crippen LogP) is 2.01. The van der Waals surface area contributed by atoms with E-state index in [4.69, 9.17) is 4.74 Å². The molecule has 6 nitrogen and oxygen atoms in total. The van der Waals surface area contributed by atoms with Gasteiger partial charge >= 0.3 is 0 Å². The minimum Gasteiger partial charge on any atom is -0.491 e. The van der Waals surface area contributed by atoms with Crippen LogP contribution >= 0.6 is 0 Å². The summed E-state index contributed by atoms with van der Waals surface area (Å²) in [6, 6.07) is 7.60. The van der Waals surface area contributed by atoms with E-state index in [1.165, 1.54) is 6.42 Å². The maximum absolute atomic E-state index is 10.5. The smallest absolute Gasteiger partial charge is 0.191 e. The van der Waals surface area contributed by atoms with Gasteiger partial charge in [0, 0.05) is 19.6 Å². The lowest BCUT2D eigenvalue weighted by Gasteiger charge is -2.17. The summed E-state index contributed by atoms with van der Waals surface area (Å²) in [4.78, 5) is 6.90. The fraction of sp³-hybridized carbons (Fsp3) is 0.650. The summed E-state index contributed by atoms with van der Waals surface area (Å²) in [6.07, 6.45) is 0.673. The zero-order chi connectivity index (χ0) is 18.9. The lowest BCUT2D eigenvalue weighted by molar-refractivity contribution is 0.185. The van der Waals surface area contributed by atoms with E-state index >= 15 is 0 Å². The van der Waals surface area contributed by atoms with Crippen molar-refractivity contribution in [2.24, 2.45) is 10.9 Å². The number of aliphatic hydroxyl groups excluding tert-OH is 1. The van der Waals surface area contributed by atoms with E-state index in [-0.39, 0.29) is 6.10 Å². The van der Waals surface area contributed by atoms with E-state index in [2.05, 4.69) is 27.6 Å². The van der Waals surface area contributed by atoms with Crippen LogP contribution < -0.4 is 15.4 Å². The molecule has 0 saturated carbocycles. The molecule has 2 rings (SSSR count). The quantitative estimate of drug-likeness (QED) is 0.488. The van der Waals surface area contributed by atoms with Gasteiger partial charge in [0.25, 0.3) is 0 Å². The summed E-state index contributed by atoms with van der Waals surface area (Å²) in [5.41, 5.74) is 0.820. The van der Waals surface area contributed by atoms with Crippen LogP contribution in [-0.2, 0) is 0 Å². The predicted molar refractivity (Wildman–Crippen MR) is 107 cm³/mol. The van der Waals surface area contributed by atoms with Crippen LogP contribution in [0.15, 0.2) is 29.3 Å². The van der Waals surface area contributed by atoms with Crippen molar-refractivity contribution in [3.63, 3.8) is 0 Å². The van der Waals surface area contributed by atoms with Crippen molar-refractivity contribution in [2.75, 3.05) is 39.8 Å². The Kier molecular flexibility index (Phi) is 8.19. The molecule has 0 aliphatic carbocycles. The van der Waals surface area contributed by atoms with Crippen LogP contribution in [0.5, 0.6) is 5.75 Å². The molecule has 1 heterocycles. The molecule has 0 amide bonds. The molecular formula is C20H34N4O2. The number of hydrogen-bond donors (Lipinski definition) is 3. The van der Waals surface area contributed by atoms with Crippen LogP contribution in [-0.4, -0.2) is 61.8 Å². The molecule has 6 heteroatoms. The van der Waals surface area contributed by atoms with Gasteiger partial charge < -0.3 is 25.4 Å². The number of hydrogen-bond acceptors (Lipinski definition) is 4. The highest BCUT2D eigenvalue weighted by atomic mass is 16.5. The third-order valence-corrected chi connectivity index (χ3v) is 4.43. The van der Waals surface area contributed by atoms with Gasteiger partial charge in [-0.15, -0.1) is 0 Å². The highest BCUT2D eigenvalue weighted by Gasteiger charge is 2.19. The molecule has 0 aromatic heterocycles. The van der Waals surface area contributed by atoms with Crippen LogP contribution in [0.2, 0.25) is 0 Å². The second-order valence-electron chi connectivity index (χ2n) is 7.27. The molecule has 1 aliphatic heterocycles. The molecule has 2 unspecified atom stereocenters. The van der Waals surface area contributed by atoms with Gasteiger partial charge in [0.15, 0.2) is 5.96 Å². The van der Waals surface area contributed by atoms with Gasteiger partial charge in [-0.3, -0.25) is 4.99 Å². The fourth-order valence-corrected chi connectivity index (χ4v) is 3.13. The molecule has 146 valence electrons. The Hall–Kier alpha value is -1.79. The maximum Gasteiger partial charge on any atom is 0.191 e. The molecular weight excluding hydrogens is 328 g/mol. The van der Waals surface area contributed by atoms with E-state index in [1.807, 2.05) is 45.0 Å². The topological polar surface area (TPSA) is 69.1 Å². The summed E-state index contributed by atoms with van der Waals surface area (Å²) in [5, 5.41) is 17.1. The summed E-state index contributed by atoms with van der Waals surface area (Å²) < 4.78 is 5.70. The molecule has 26 heavy (non-hydrogen) atoms. The molecule has 2 atom stereocenters. The lowest BCUT2D eigenvalue weighted by Crippen LogP contribution is -2.40. The van der Waals surface area contributed by atoms with Crippen molar-refractivity contribution in [3.8, 4) is 5.75 Å². The van der Waals surface area contributed by atoms with Crippen LogP contribution in [0, 0.1) is 5.92 Å². The average molecular weight is 363 g/mol. The Morgan fingerprint density at radius 1 is 1.38 bits per heavy atom. The fourth-order valence-electron chi connectivity index (χ4n) is 3.13. The SMILES string of the molecule is CCNC(=NCC(O)c1cccc(OC(C)C)c1)NCC1CCN(C)C1. The van der Waals surface area contributed by atoms with Crippen molar-refractivity contribution in [1.29, 1.82) is 0 Å². The second kappa shape index (κ2) is 10.4. The number of aliphatic hydroxyl groups is 1. The first-order valence-corrected chi connectivity index (χ1v) is 9.63. The summed E-state index contributed by atoms with van der Waals surface area (Å²) >= 11 is 0. The van der Waals surface area contributed by atoms with Gasteiger partial charge in [0.1, 0.15) is 5.75 Å². The van der Waals surface area contributed by atoms with Gasteiger partial charge in [-0.2, -0.15) is 0 Å². The molecule has 3 N–H and O–H groups in total. The summed E-state index contributed by atoms with van der Waals surface area (Å²) in [6.45, 7) is 10.3. The van der Waals surface area contributed by atoms with Crippen LogP contribution in [0.1, 0.15) is 38.9 Å². The molecule has 1 fully saturated rings. The number of ether oxygens (including phenoxy) is 1. The third kappa shape index (κ3) is 6.84. The number of guanidine groups is 1. The van der Waals surface area contributed by atoms with Crippen LogP contribution in [0.25, 0.3) is 0 Å². The van der Waals surface area contributed by atoms with Gasteiger partial charge in [-0.05, 0) is 64.4 Å². The van der Waals surface area contributed by atoms with Crippen LogP contribution in [0.4, 0.5) is 0 Å². The maximum atomic E-state index is 10.5. The molecule has 1 aromatic rings. The normalized spacial score (nSPS) is 19.6. The Labute approximate surface area is 157 Å². The van der Waals surface area contributed by atoms with Crippen molar-refractivity contribution >= 4 is 5.96 Å².